The van der Waals surface area contributed by atoms with E-state index in [9.17, 15) is 10.1 Å². The molecule has 0 saturated carbocycles. The Morgan fingerprint density at radius 3 is 2.69 bits per heavy atom. The van der Waals surface area contributed by atoms with Crippen molar-refractivity contribution in [1.29, 1.82) is 5.26 Å². The van der Waals surface area contributed by atoms with Crippen LogP contribution in [0.1, 0.15) is 21.3 Å². The Labute approximate surface area is 158 Å². The van der Waals surface area contributed by atoms with Gasteiger partial charge in [-0.1, -0.05) is 0 Å². The van der Waals surface area contributed by atoms with Crippen LogP contribution < -0.4 is 9.47 Å². The fraction of sp³-hybridized carbons (Fsp3) is 0.167. The standard InChI is InChI=1S/C18H13ClN2O4S/c1-23-14-4-3-10(5-15(14)24-2)13-9-26-18(21-13)12(7-20)17(22)11-6-16(19)25-8-11/h3-6,8-9,12H,1-2H3. The lowest BCUT2D eigenvalue weighted by Crippen LogP contribution is -2.10. The summed E-state index contributed by atoms with van der Waals surface area (Å²) in [6.07, 6.45) is 1.23. The van der Waals surface area contributed by atoms with Gasteiger partial charge in [-0.15, -0.1) is 11.3 Å². The third kappa shape index (κ3) is 3.43. The quantitative estimate of drug-likeness (QED) is 0.575. The lowest BCUT2D eigenvalue weighted by molar-refractivity contribution is 0.0978. The zero-order valence-corrected chi connectivity index (χ0v) is 15.4. The molecule has 0 spiro atoms. The van der Waals surface area contributed by atoms with E-state index in [4.69, 9.17) is 25.5 Å². The summed E-state index contributed by atoms with van der Waals surface area (Å²) in [5.41, 5.74) is 1.68. The molecule has 1 atom stereocenters. The summed E-state index contributed by atoms with van der Waals surface area (Å²) in [6, 6.07) is 8.78. The van der Waals surface area contributed by atoms with Gasteiger partial charge in [0.15, 0.2) is 28.4 Å². The van der Waals surface area contributed by atoms with Crippen LogP contribution in [0, 0.1) is 11.3 Å². The van der Waals surface area contributed by atoms with E-state index in [1.54, 1.807) is 31.7 Å². The second-order valence-electron chi connectivity index (χ2n) is 5.21. The first-order valence-electron chi connectivity index (χ1n) is 7.43. The number of ether oxygens (including phenoxy) is 2. The zero-order chi connectivity index (χ0) is 18.7. The van der Waals surface area contributed by atoms with E-state index < -0.39 is 11.7 Å². The summed E-state index contributed by atoms with van der Waals surface area (Å²) >= 11 is 6.94. The van der Waals surface area contributed by atoms with Gasteiger partial charge in [0.2, 0.25) is 0 Å². The van der Waals surface area contributed by atoms with Crippen molar-refractivity contribution < 1.29 is 18.7 Å². The molecular formula is C18H13ClN2O4S. The van der Waals surface area contributed by atoms with Crippen LogP contribution in [-0.4, -0.2) is 25.0 Å². The Morgan fingerprint density at radius 2 is 2.08 bits per heavy atom. The zero-order valence-electron chi connectivity index (χ0n) is 13.9. The SMILES string of the molecule is COc1ccc(-c2csc(C(C#N)C(=O)c3coc(Cl)c3)n2)cc1OC. The number of furan rings is 1. The maximum absolute atomic E-state index is 12.5. The molecule has 1 aromatic carbocycles. The molecule has 0 fully saturated rings. The molecule has 0 aliphatic heterocycles. The third-order valence-electron chi connectivity index (χ3n) is 3.69. The number of rotatable bonds is 6. The molecule has 26 heavy (non-hydrogen) atoms. The molecule has 0 radical (unpaired) electrons. The van der Waals surface area contributed by atoms with Crippen LogP contribution in [0.4, 0.5) is 0 Å². The molecular weight excluding hydrogens is 376 g/mol. The summed E-state index contributed by atoms with van der Waals surface area (Å²) < 4.78 is 15.4. The summed E-state index contributed by atoms with van der Waals surface area (Å²) in [7, 11) is 3.11. The van der Waals surface area contributed by atoms with Gasteiger partial charge in [-0.05, 0) is 29.8 Å². The van der Waals surface area contributed by atoms with Gasteiger partial charge in [-0.2, -0.15) is 5.26 Å². The monoisotopic (exact) mass is 388 g/mol. The molecule has 0 saturated heterocycles. The van der Waals surface area contributed by atoms with Gasteiger partial charge in [0, 0.05) is 17.0 Å². The van der Waals surface area contributed by atoms with Gasteiger partial charge >= 0.3 is 0 Å². The van der Waals surface area contributed by atoms with Crippen LogP contribution in [0.15, 0.2) is 40.3 Å². The van der Waals surface area contributed by atoms with Gasteiger partial charge < -0.3 is 13.9 Å². The number of carbonyl (C=O) groups is 1. The number of nitriles is 1. The summed E-state index contributed by atoms with van der Waals surface area (Å²) in [4.78, 5) is 17.0. The Balaban J connectivity index is 1.91. The molecule has 2 aromatic heterocycles. The maximum Gasteiger partial charge on any atom is 0.193 e. The Morgan fingerprint density at radius 1 is 1.31 bits per heavy atom. The third-order valence-corrected chi connectivity index (χ3v) is 4.80. The summed E-state index contributed by atoms with van der Waals surface area (Å²) in [6.45, 7) is 0. The average molecular weight is 389 g/mol. The van der Waals surface area contributed by atoms with Gasteiger partial charge in [-0.25, -0.2) is 4.98 Å². The van der Waals surface area contributed by atoms with Crippen LogP contribution in [0.2, 0.25) is 5.22 Å². The van der Waals surface area contributed by atoms with Crippen molar-refractivity contribution >= 4 is 28.7 Å². The van der Waals surface area contributed by atoms with Crippen LogP contribution in [0.5, 0.6) is 11.5 Å². The minimum absolute atomic E-state index is 0.0928. The second kappa shape index (κ2) is 7.60. The van der Waals surface area contributed by atoms with Gasteiger partial charge in [0.05, 0.1) is 31.5 Å². The highest BCUT2D eigenvalue weighted by atomic mass is 35.5. The minimum atomic E-state index is -1.03. The molecule has 3 rings (SSSR count). The largest absolute Gasteiger partial charge is 0.493 e. The first-order valence-corrected chi connectivity index (χ1v) is 8.68. The van der Waals surface area contributed by atoms with Crippen molar-refractivity contribution in [2.24, 2.45) is 0 Å². The number of hydrogen-bond acceptors (Lipinski definition) is 7. The normalized spacial score (nSPS) is 11.6. The lowest BCUT2D eigenvalue weighted by Gasteiger charge is -2.08. The number of hydrogen-bond donors (Lipinski definition) is 0. The molecule has 1 unspecified atom stereocenters. The van der Waals surface area contributed by atoms with E-state index in [1.165, 1.54) is 23.7 Å². The van der Waals surface area contributed by atoms with Crippen molar-refractivity contribution in [3.63, 3.8) is 0 Å². The van der Waals surface area contributed by atoms with Crippen molar-refractivity contribution in [3.05, 3.63) is 51.7 Å². The highest BCUT2D eigenvalue weighted by Gasteiger charge is 2.26. The van der Waals surface area contributed by atoms with Crippen LogP contribution in [0.25, 0.3) is 11.3 Å². The van der Waals surface area contributed by atoms with Crippen LogP contribution in [0.3, 0.4) is 0 Å². The number of methoxy groups -OCH3 is 2. The number of aromatic nitrogens is 1. The van der Waals surface area contributed by atoms with Crippen molar-refractivity contribution in [3.8, 4) is 28.8 Å². The molecule has 3 aromatic rings. The van der Waals surface area contributed by atoms with E-state index in [1.807, 2.05) is 12.1 Å². The Bertz CT molecular complexity index is 989. The number of ketones is 1. The predicted octanol–water partition coefficient (Wildman–Crippen LogP) is 4.56. The summed E-state index contributed by atoms with van der Waals surface area (Å²) in [5, 5.41) is 11.7. The topological polar surface area (TPSA) is 85.4 Å². The van der Waals surface area contributed by atoms with E-state index in [0.29, 0.717) is 22.2 Å². The van der Waals surface area contributed by atoms with Gasteiger partial charge in [0.1, 0.15) is 11.3 Å². The number of Topliss-reactive ketones (excluding diaryl/α,β-unsaturated/α-hetero) is 1. The number of carbonyl (C=O) groups excluding carboxylic acids is 1. The van der Waals surface area contributed by atoms with Crippen LogP contribution in [-0.2, 0) is 0 Å². The average Bonchev–Trinajstić information content (AvgIpc) is 3.31. The molecule has 0 bridgehead atoms. The van der Waals surface area contributed by atoms with Gasteiger partial charge in [0.25, 0.3) is 0 Å². The minimum Gasteiger partial charge on any atom is -0.493 e. The fourth-order valence-electron chi connectivity index (χ4n) is 2.38. The molecule has 0 amide bonds. The van der Waals surface area contributed by atoms with E-state index >= 15 is 0 Å². The van der Waals surface area contributed by atoms with E-state index in [-0.39, 0.29) is 10.8 Å². The Kier molecular flexibility index (Phi) is 5.26. The molecule has 0 N–H and O–H groups in total. The lowest BCUT2D eigenvalue weighted by atomic mass is 10.0. The molecule has 8 heteroatoms. The fourth-order valence-corrected chi connectivity index (χ4v) is 3.41. The number of halogens is 1. The number of thiazole rings is 1. The van der Waals surface area contributed by atoms with Crippen molar-refractivity contribution in [2.75, 3.05) is 14.2 Å². The van der Waals surface area contributed by atoms with Gasteiger partial charge in [-0.3, -0.25) is 4.79 Å². The first kappa shape index (κ1) is 18.0. The highest BCUT2D eigenvalue weighted by Crippen LogP contribution is 2.34. The van der Waals surface area contributed by atoms with Crippen molar-refractivity contribution in [1.82, 2.24) is 4.98 Å². The summed E-state index contributed by atoms with van der Waals surface area (Å²) in [5.74, 6) is -0.256. The molecule has 132 valence electrons. The van der Waals surface area contributed by atoms with E-state index in [0.717, 1.165) is 5.56 Å². The highest BCUT2D eigenvalue weighted by molar-refractivity contribution is 7.10. The molecule has 6 nitrogen and oxygen atoms in total. The molecule has 2 heterocycles. The number of nitrogens with zero attached hydrogens (tertiary/aromatic N) is 2. The van der Waals surface area contributed by atoms with Crippen molar-refractivity contribution in [2.45, 2.75) is 5.92 Å². The predicted molar refractivity (Wildman–Crippen MR) is 97.1 cm³/mol. The molecule has 0 aliphatic rings. The number of benzene rings is 1. The second-order valence-corrected chi connectivity index (χ2v) is 6.47. The van der Waals surface area contributed by atoms with Crippen LogP contribution >= 0.6 is 22.9 Å². The Hall–Kier alpha value is -2.82. The maximum atomic E-state index is 12.5. The van der Waals surface area contributed by atoms with E-state index in [2.05, 4.69) is 4.98 Å². The smallest absolute Gasteiger partial charge is 0.193 e. The molecule has 0 aliphatic carbocycles. The first-order chi connectivity index (χ1) is 12.6.